The zero-order valence-electron chi connectivity index (χ0n) is 15.6. The van der Waals surface area contributed by atoms with Crippen LogP contribution >= 0.6 is 0 Å². The van der Waals surface area contributed by atoms with Crippen LogP contribution in [0.4, 0.5) is 0 Å². The molecule has 0 aromatic heterocycles. The Hall–Kier alpha value is -1.39. The first-order valence-electron chi connectivity index (χ1n) is 9.77. The number of nitrogens with one attached hydrogen (secondary N) is 1. The lowest BCUT2D eigenvalue weighted by Crippen LogP contribution is -2.55. The number of carboxylic acid groups (broad SMARTS) is 1. The quantitative estimate of drug-likeness (QED) is 0.684. The molecular weight excluding hydrogens is 312 g/mol. The Morgan fingerprint density at radius 2 is 2.12 bits per heavy atom. The second kappa shape index (κ2) is 8.33. The maximum absolute atomic E-state index is 11.1. The number of benzene rings is 1. The van der Waals surface area contributed by atoms with E-state index in [4.69, 9.17) is 5.11 Å². The van der Waals surface area contributed by atoms with Crippen LogP contribution in [0.2, 0.25) is 0 Å². The second-order valence-electron chi connectivity index (χ2n) is 8.18. The summed E-state index contributed by atoms with van der Waals surface area (Å²) in [5.41, 5.74) is 2.74. The number of carbonyl (C=O) groups is 1. The van der Waals surface area contributed by atoms with E-state index in [0.29, 0.717) is 18.1 Å². The minimum atomic E-state index is -0.691. The number of rotatable bonds is 10. The molecule has 2 fully saturated rings. The third-order valence-corrected chi connectivity index (χ3v) is 5.63. The minimum Gasteiger partial charge on any atom is -0.480 e. The fourth-order valence-electron chi connectivity index (χ4n) is 3.91. The van der Waals surface area contributed by atoms with Gasteiger partial charge in [0, 0.05) is 24.7 Å². The SMILES string of the molecule is Cc1cccc(CCC(C)NC2CC(N(CC(=O)O)CC3CC3)C2)c1. The maximum atomic E-state index is 11.1. The van der Waals surface area contributed by atoms with Gasteiger partial charge in [-0.2, -0.15) is 0 Å². The van der Waals surface area contributed by atoms with E-state index in [0.717, 1.165) is 38.1 Å². The first-order valence-corrected chi connectivity index (χ1v) is 9.77. The van der Waals surface area contributed by atoms with Crippen molar-refractivity contribution >= 4 is 5.97 Å². The van der Waals surface area contributed by atoms with Crippen molar-refractivity contribution in [1.82, 2.24) is 10.2 Å². The van der Waals surface area contributed by atoms with Crippen LogP contribution < -0.4 is 5.32 Å². The molecule has 0 amide bonds. The van der Waals surface area contributed by atoms with E-state index in [-0.39, 0.29) is 6.54 Å². The monoisotopic (exact) mass is 344 g/mol. The van der Waals surface area contributed by atoms with Crippen molar-refractivity contribution in [2.24, 2.45) is 5.92 Å². The molecule has 2 saturated carbocycles. The molecule has 2 N–H and O–H groups in total. The number of nitrogens with zero attached hydrogens (tertiary/aromatic N) is 1. The highest BCUT2D eigenvalue weighted by molar-refractivity contribution is 5.69. The standard InChI is InChI=1S/C21H32N2O2/c1-15-4-3-5-17(10-15)7-6-16(2)22-19-11-20(12-19)23(14-21(24)25)13-18-8-9-18/h3-5,10,16,18-20,22H,6-9,11-14H2,1-2H3,(H,24,25). The Labute approximate surface area is 151 Å². The number of aryl methyl sites for hydroxylation is 2. The summed E-state index contributed by atoms with van der Waals surface area (Å²) in [6.45, 7) is 5.59. The molecule has 138 valence electrons. The van der Waals surface area contributed by atoms with Crippen molar-refractivity contribution in [1.29, 1.82) is 0 Å². The molecule has 4 nitrogen and oxygen atoms in total. The summed E-state index contributed by atoms with van der Waals surface area (Å²) in [4.78, 5) is 13.3. The Bertz CT molecular complexity index is 579. The van der Waals surface area contributed by atoms with Gasteiger partial charge in [0.25, 0.3) is 0 Å². The van der Waals surface area contributed by atoms with Gasteiger partial charge in [-0.25, -0.2) is 0 Å². The van der Waals surface area contributed by atoms with E-state index in [1.165, 1.54) is 24.0 Å². The highest BCUT2D eigenvalue weighted by Crippen LogP contribution is 2.34. The highest BCUT2D eigenvalue weighted by Gasteiger charge is 2.37. The average molecular weight is 344 g/mol. The molecule has 1 aromatic carbocycles. The molecule has 0 bridgehead atoms. The third kappa shape index (κ3) is 5.82. The first kappa shape index (κ1) is 18.4. The topological polar surface area (TPSA) is 52.6 Å². The molecule has 0 saturated heterocycles. The molecule has 2 aliphatic rings. The fraction of sp³-hybridized carbons (Fsp3) is 0.667. The van der Waals surface area contributed by atoms with E-state index < -0.39 is 5.97 Å². The molecule has 1 unspecified atom stereocenters. The van der Waals surface area contributed by atoms with E-state index in [2.05, 4.69) is 48.3 Å². The minimum absolute atomic E-state index is 0.205. The first-order chi connectivity index (χ1) is 12.0. The van der Waals surface area contributed by atoms with Crippen LogP contribution in [0.25, 0.3) is 0 Å². The van der Waals surface area contributed by atoms with Gasteiger partial charge in [-0.15, -0.1) is 0 Å². The lowest BCUT2D eigenvalue weighted by Gasteiger charge is -2.44. The van der Waals surface area contributed by atoms with Crippen molar-refractivity contribution < 1.29 is 9.90 Å². The second-order valence-corrected chi connectivity index (χ2v) is 8.18. The van der Waals surface area contributed by atoms with Gasteiger partial charge < -0.3 is 10.4 Å². The third-order valence-electron chi connectivity index (χ3n) is 5.63. The van der Waals surface area contributed by atoms with Gasteiger partial charge in [-0.05, 0) is 63.9 Å². The van der Waals surface area contributed by atoms with Crippen molar-refractivity contribution in [3.8, 4) is 0 Å². The number of hydrogen-bond acceptors (Lipinski definition) is 3. The molecule has 25 heavy (non-hydrogen) atoms. The average Bonchev–Trinajstić information content (AvgIpc) is 3.31. The van der Waals surface area contributed by atoms with Crippen molar-refractivity contribution in [2.75, 3.05) is 13.1 Å². The van der Waals surface area contributed by atoms with Crippen LogP contribution in [0, 0.1) is 12.8 Å². The van der Waals surface area contributed by atoms with E-state index in [1.807, 2.05) is 0 Å². The zero-order chi connectivity index (χ0) is 17.8. The molecule has 0 aliphatic heterocycles. The van der Waals surface area contributed by atoms with Gasteiger partial charge in [0.15, 0.2) is 0 Å². The molecule has 0 radical (unpaired) electrons. The Kier molecular flexibility index (Phi) is 6.13. The van der Waals surface area contributed by atoms with Gasteiger partial charge in [-0.1, -0.05) is 29.8 Å². The molecule has 0 heterocycles. The Morgan fingerprint density at radius 3 is 2.76 bits per heavy atom. The van der Waals surface area contributed by atoms with Gasteiger partial charge in [0.2, 0.25) is 0 Å². The summed E-state index contributed by atoms with van der Waals surface area (Å²) >= 11 is 0. The largest absolute Gasteiger partial charge is 0.480 e. The molecule has 2 aliphatic carbocycles. The van der Waals surface area contributed by atoms with Crippen LogP contribution in [0.15, 0.2) is 24.3 Å². The predicted octanol–water partition coefficient (Wildman–Crippen LogP) is 3.23. The molecule has 4 heteroatoms. The van der Waals surface area contributed by atoms with Crippen LogP contribution in [0.1, 0.15) is 50.2 Å². The predicted molar refractivity (Wildman–Crippen MR) is 101 cm³/mol. The van der Waals surface area contributed by atoms with Gasteiger partial charge in [0.1, 0.15) is 0 Å². The van der Waals surface area contributed by atoms with Gasteiger partial charge >= 0.3 is 5.97 Å². The summed E-state index contributed by atoms with van der Waals surface area (Å²) in [6.07, 6.45) is 6.99. The Balaban J connectivity index is 1.37. The summed E-state index contributed by atoms with van der Waals surface area (Å²) < 4.78 is 0. The summed E-state index contributed by atoms with van der Waals surface area (Å²) in [5.74, 6) is 0.0585. The molecular formula is C21H32N2O2. The highest BCUT2D eigenvalue weighted by atomic mass is 16.4. The van der Waals surface area contributed by atoms with Crippen molar-refractivity contribution in [2.45, 2.75) is 70.5 Å². The van der Waals surface area contributed by atoms with Crippen LogP contribution in [0.5, 0.6) is 0 Å². The number of carboxylic acids is 1. The molecule has 3 rings (SSSR count). The number of hydrogen-bond donors (Lipinski definition) is 2. The molecule has 1 aromatic rings. The molecule has 0 spiro atoms. The van der Waals surface area contributed by atoms with E-state index >= 15 is 0 Å². The van der Waals surface area contributed by atoms with Crippen molar-refractivity contribution in [3.63, 3.8) is 0 Å². The van der Waals surface area contributed by atoms with Gasteiger partial charge in [0.05, 0.1) is 6.54 Å². The van der Waals surface area contributed by atoms with Crippen molar-refractivity contribution in [3.05, 3.63) is 35.4 Å². The van der Waals surface area contributed by atoms with Crippen LogP contribution in [-0.2, 0) is 11.2 Å². The fourth-order valence-corrected chi connectivity index (χ4v) is 3.91. The summed E-state index contributed by atoms with van der Waals surface area (Å²) in [7, 11) is 0. The Morgan fingerprint density at radius 1 is 1.36 bits per heavy atom. The smallest absolute Gasteiger partial charge is 0.317 e. The summed E-state index contributed by atoms with van der Waals surface area (Å²) in [5, 5.41) is 12.9. The maximum Gasteiger partial charge on any atom is 0.317 e. The van der Waals surface area contributed by atoms with Crippen LogP contribution in [-0.4, -0.2) is 47.2 Å². The van der Waals surface area contributed by atoms with Gasteiger partial charge in [-0.3, -0.25) is 9.69 Å². The zero-order valence-corrected chi connectivity index (χ0v) is 15.6. The number of aliphatic carboxylic acids is 1. The van der Waals surface area contributed by atoms with Crippen LogP contribution in [0.3, 0.4) is 0 Å². The lowest BCUT2D eigenvalue weighted by atomic mass is 9.84. The summed E-state index contributed by atoms with van der Waals surface area (Å²) in [6, 6.07) is 10.3. The van der Waals surface area contributed by atoms with E-state index in [9.17, 15) is 4.79 Å². The normalized spacial score (nSPS) is 24.1. The van der Waals surface area contributed by atoms with E-state index in [1.54, 1.807) is 0 Å². The molecule has 1 atom stereocenters. The lowest BCUT2D eigenvalue weighted by molar-refractivity contribution is -0.139.